The summed E-state index contributed by atoms with van der Waals surface area (Å²) in [6, 6.07) is 8.79. The highest BCUT2D eigenvalue weighted by Gasteiger charge is 2.39. The number of hydrogen-bond donors (Lipinski definition) is 3. The summed E-state index contributed by atoms with van der Waals surface area (Å²) in [5, 5.41) is 2.97. The van der Waals surface area contributed by atoms with Crippen molar-refractivity contribution in [3.63, 3.8) is 0 Å². The monoisotopic (exact) mass is 453 g/mol. The molecule has 0 aliphatic carbocycles. The number of nitrogens with zero attached hydrogens (tertiary/aromatic N) is 2. The normalized spacial score (nSPS) is 27.2. The first kappa shape index (κ1) is 21.2. The summed E-state index contributed by atoms with van der Waals surface area (Å²) in [4.78, 5) is 6.85. The van der Waals surface area contributed by atoms with E-state index in [1.54, 1.807) is 18.2 Å². The SMILES string of the molecule is CC1(C#Cc2cc3c(cc2N)C(N)(c2cccc(Cl)c2F)NC=N3)CCN(C2COC2)C1. The molecule has 3 aliphatic rings. The Bertz CT molecular complexity index is 1170. The molecule has 5 N–H and O–H groups in total. The van der Waals surface area contributed by atoms with Crippen LogP contribution in [0.25, 0.3) is 0 Å². The lowest BCUT2D eigenvalue weighted by atomic mass is 9.87. The molecule has 0 saturated carbocycles. The van der Waals surface area contributed by atoms with Gasteiger partial charge in [-0.15, -0.1) is 0 Å². The zero-order chi connectivity index (χ0) is 22.5. The van der Waals surface area contributed by atoms with E-state index in [0.29, 0.717) is 28.5 Å². The predicted octanol–water partition coefficient (Wildman–Crippen LogP) is 2.95. The highest BCUT2D eigenvalue weighted by Crippen LogP contribution is 2.39. The molecule has 0 amide bonds. The second-order valence-electron chi connectivity index (χ2n) is 8.99. The van der Waals surface area contributed by atoms with E-state index >= 15 is 0 Å². The van der Waals surface area contributed by atoms with E-state index in [9.17, 15) is 4.39 Å². The van der Waals surface area contributed by atoms with Crippen LogP contribution in [0, 0.1) is 23.1 Å². The van der Waals surface area contributed by atoms with Gasteiger partial charge in [0, 0.05) is 40.9 Å². The van der Waals surface area contributed by atoms with Crippen LogP contribution >= 0.6 is 11.6 Å². The smallest absolute Gasteiger partial charge is 0.149 e. The Labute approximate surface area is 191 Å². The minimum Gasteiger partial charge on any atom is -0.398 e. The van der Waals surface area contributed by atoms with E-state index in [2.05, 4.69) is 34.0 Å². The largest absolute Gasteiger partial charge is 0.398 e. The Morgan fingerprint density at radius 2 is 2.12 bits per heavy atom. The van der Waals surface area contributed by atoms with Crippen LogP contribution in [0.5, 0.6) is 0 Å². The number of hydrogen-bond acceptors (Lipinski definition) is 6. The predicted molar refractivity (Wildman–Crippen MR) is 124 cm³/mol. The van der Waals surface area contributed by atoms with Crippen molar-refractivity contribution >= 4 is 29.3 Å². The number of nitrogens with one attached hydrogen (secondary N) is 1. The molecule has 2 atom stereocenters. The number of likely N-dealkylation sites (tertiary alicyclic amines) is 1. The van der Waals surface area contributed by atoms with Gasteiger partial charge in [0.1, 0.15) is 11.5 Å². The molecule has 166 valence electrons. The number of rotatable bonds is 2. The number of nitrogens with two attached hydrogens (primary N) is 2. The number of benzene rings is 2. The van der Waals surface area contributed by atoms with Crippen LogP contribution in [0.4, 0.5) is 15.8 Å². The first-order valence-electron chi connectivity index (χ1n) is 10.6. The van der Waals surface area contributed by atoms with E-state index in [-0.39, 0.29) is 16.0 Å². The molecular formula is C24H25ClFN5O. The van der Waals surface area contributed by atoms with Crippen molar-refractivity contribution in [2.24, 2.45) is 16.1 Å². The fourth-order valence-corrected chi connectivity index (χ4v) is 4.69. The van der Waals surface area contributed by atoms with Crippen molar-refractivity contribution < 1.29 is 9.13 Å². The van der Waals surface area contributed by atoms with E-state index in [4.69, 9.17) is 27.8 Å². The maximum absolute atomic E-state index is 14.8. The molecule has 0 radical (unpaired) electrons. The molecule has 32 heavy (non-hydrogen) atoms. The van der Waals surface area contributed by atoms with Crippen LogP contribution in [0.2, 0.25) is 5.02 Å². The number of anilines is 1. The zero-order valence-electron chi connectivity index (χ0n) is 17.8. The van der Waals surface area contributed by atoms with Crippen molar-refractivity contribution in [2.45, 2.75) is 25.0 Å². The minimum atomic E-state index is -1.35. The number of aliphatic imine (C=N–C) groups is 1. The molecule has 5 rings (SSSR count). The zero-order valence-corrected chi connectivity index (χ0v) is 18.5. The van der Waals surface area contributed by atoms with Crippen molar-refractivity contribution in [3.05, 3.63) is 57.9 Å². The van der Waals surface area contributed by atoms with E-state index in [1.165, 1.54) is 12.4 Å². The van der Waals surface area contributed by atoms with Gasteiger partial charge in [-0.2, -0.15) is 0 Å². The molecule has 2 fully saturated rings. The van der Waals surface area contributed by atoms with Gasteiger partial charge >= 0.3 is 0 Å². The standard InChI is InChI=1S/C24H25ClFN5O/c1-23(7-8-31(13-23)16-11-32-12-16)6-5-15-9-21-18(10-20(15)27)24(28,30-14-29-21)17-3-2-4-19(25)22(17)26/h2-4,9-10,14,16H,7-8,11-13,27-28H2,1H3,(H,29,30). The van der Waals surface area contributed by atoms with E-state index < -0.39 is 11.5 Å². The third kappa shape index (κ3) is 3.54. The summed E-state index contributed by atoms with van der Waals surface area (Å²) >= 11 is 5.99. The van der Waals surface area contributed by atoms with E-state index in [0.717, 1.165) is 32.7 Å². The average molecular weight is 454 g/mol. The minimum absolute atomic E-state index is 0.000889. The van der Waals surface area contributed by atoms with Gasteiger partial charge in [0.15, 0.2) is 0 Å². The third-order valence-electron chi connectivity index (χ3n) is 6.60. The van der Waals surface area contributed by atoms with Crippen molar-refractivity contribution in [3.8, 4) is 11.8 Å². The van der Waals surface area contributed by atoms with Gasteiger partial charge in [-0.3, -0.25) is 4.90 Å². The van der Waals surface area contributed by atoms with Crippen molar-refractivity contribution in [2.75, 3.05) is 32.0 Å². The van der Waals surface area contributed by atoms with Crippen LogP contribution in [-0.2, 0) is 10.4 Å². The molecule has 8 heteroatoms. The molecule has 2 aromatic rings. The average Bonchev–Trinajstić information content (AvgIpc) is 3.09. The number of halogens is 2. The molecule has 0 spiro atoms. The number of nitrogen functional groups attached to an aromatic ring is 1. The summed E-state index contributed by atoms with van der Waals surface area (Å²) < 4.78 is 20.1. The van der Waals surface area contributed by atoms with E-state index in [1.807, 2.05) is 6.07 Å². The highest BCUT2D eigenvalue weighted by molar-refractivity contribution is 6.30. The molecule has 0 bridgehead atoms. The maximum atomic E-state index is 14.8. The first-order valence-corrected chi connectivity index (χ1v) is 11.0. The van der Waals surface area contributed by atoms with Gasteiger partial charge in [0.2, 0.25) is 0 Å². The molecule has 6 nitrogen and oxygen atoms in total. The van der Waals surface area contributed by atoms with Crippen LogP contribution in [-0.4, -0.2) is 43.6 Å². The second kappa shape index (κ2) is 7.75. The number of ether oxygens (including phenoxy) is 1. The van der Waals surface area contributed by atoms with Gasteiger partial charge in [0.05, 0.1) is 36.3 Å². The summed E-state index contributed by atoms with van der Waals surface area (Å²) in [6.45, 7) is 5.74. The van der Waals surface area contributed by atoms with Crippen LogP contribution < -0.4 is 16.8 Å². The summed E-state index contributed by atoms with van der Waals surface area (Å²) in [6.07, 6.45) is 2.47. The maximum Gasteiger partial charge on any atom is 0.149 e. The highest BCUT2D eigenvalue weighted by atomic mass is 35.5. The molecular weight excluding hydrogens is 429 g/mol. The molecule has 2 saturated heterocycles. The van der Waals surface area contributed by atoms with Gasteiger partial charge in [-0.1, -0.05) is 35.6 Å². The van der Waals surface area contributed by atoms with Gasteiger partial charge in [-0.25, -0.2) is 9.38 Å². The Kier molecular flexibility index (Phi) is 5.14. The lowest BCUT2D eigenvalue weighted by Crippen LogP contribution is -2.52. The molecule has 2 aromatic carbocycles. The Morgan fingerprint density at radius 3 is 2.88 bits per heavy atom. The van der Waals surface area contributed by atoms with Crippen LogP contribution in [0.15, 0.2) is 35.3 Å². The van der Waals surface area contributed by atoms with Gasteiger partial charge in [0.25, 0.3) is 0 Å². The topological polar surface area (TPSA) is 88.9 Å². The van der Waals surface area contributed by atoms with Crippen molar-refractivity contribution in [1.82, 2.24) is 10.2 Å². The Hall–Kier alpha value is -2.63. The first-order chi connectivity index (χ1) is 15.3. The molecule has 3 heterocycles. The van der Waals surface area contributed by atoms with Crippen LogP contribution in [0.3, 0.4) is 0 Å². The second-order valence-corrected chi connectivity index (χ2v) is 9.40. The lowest BCUT2D eigenvalue weighted by Gasteiger charge is -2.35. The Morgan fingerprint density at radius 1 is 1.31 bits per heavy atom. The number of fused-ring (bicyclic) bond motifs is 1. The quantitative estimate of drug-likeness (QED) is 0.480. The lowest BCUT2D eigenvalue weighted by molar-refractivity contribution is -0.0587. The van der Waals surface area contributed by atoms with Gasteiger partial charge in [-0.05, 0) is 31.5 Å². The molecule has 2 unspecified atom stereocenters. The molecule has 3 aliphatic heterocycles. The Balaban J connectivity index is 1.47. The third-order valence-corrected chi connectivity index (χ3v) is 6.90. The van der Waals surface area contributed by atoms with Gasteiger partial charge < -0.3 is 21.5 Å². The van der Waals surface area contributed by atoms with Crippen LogP contribution in [0.1, 0.15) is 30.0 Å². The fraction of sp³-hybridized carbons (Fsp3) is 0.375. The fourth-order valence-electron chi connectivity index (χ4n) is 4.51. The van der Waals surface area contributed by atoms with Crippen molar-refractivity contribution in [1.29, 1.82) is 0 Å². The summed E-state index contributed by atoms with van der Waals surface area (Å²) in [5.41, 5.74) is 14.1. The summed E-state index contributed by atoms with van der Waals surface area (Å²) in [7, 11) is 0. The summed E-state index contributed by atoms with van der Waals surface area (Å²) in [5.74, 6) is 6.12. The molecule has 0 aromatic heterocycles.